The number of hydrogen-bond acceptors (Lipinski definition) is 9. The molecule has 2 fully saturated rings. The number of ketones is 1. The van der Waals surface area contributed by atoms with Crippen molar-refractivity contribution < 1.29 is 42.6 Å². The molecule has 3 heterocycles. The van der Waals surface area contributed by atoms with Crippen LogP contribution in [0.3, 0.4) is 0 Å². The molecule has 0 aliphatic carbocycles. The summed E-state index contributed by atoms with van der Waals surface area (Å²) in [7, 11) is -0.952. The molecule has 0 atom stereocenters. The number of imide groups is 1. The molecule has 10 nitrogen and oxygen atoms in total. The molecule has 3 aliphatic rings. The van der Waals surface area contributed by atoms with Crippen LogP contribution >= 0.6 is 0 Å². The number of nitrogens with zero attached hydrogens (tertiary/aromatic N) is 1. The van der Waals surface area contributed by atoms with Crippen molar-refractivity contribution in [2.24, 2.45) is 0 Å². The molecule has 2 saturated heterocycles. The molecule has 1 aromatic carbocycles. The van der Waals surface area contributed by atoms with Crippen molar-refractivity contribution in [1.82, 2.24) is 5.06 Å². The fourth-order valence-electron chi connectivity index (χ4n) is 4.04. The van der Waals surface area contributed by atoms with E-state index in [0.29, 0.717) is 24.3 Å². The van der Waals surface area contributed by atoms with E-state index >= 15 is 0 Å². The van der Waals surface area contributed by atoms with E-state index in [4.69, 9.17) is 23.5 Å². The molecule has 0 unspecified atom stereocenters. The number of unbranched alkanes of at least 4 members (excludes halogenated alkanes) is 1. The summed E-state index contributed by atoms with van der Waals surface area (Å²) in [6.07, 6.45) is 1.51. The Balaban J connectivity index is 0.000000218. The molecule has 0 bridgehead atoms. The second kappa shape index (κ2) is 11.2. The van der Waals surface area contributed by atoms with Crippen molar-refractivity contribution in [2.45, 2.75) is 110 Å². The van der Waals surface area contributed by atoms with Crippen LogP contribution in [0.25, 0.3) is 0 Å². The summed E-state index contributed by atoms with van der Waals surface area (Å²) >= 11 is 0. The highest BCUT2D eigenvalue weighted by Crippen LogP contribution is 2.42. The second-order valence-corrected chi connectivity index (χ2v) is 12.1. The maximum Gasteiger partial charge on any atom is 0.488 e. The minimum Gasteiger partial charge on any atom is -0.405 e. The maximum atomic E-state index is 11.9. The minimum absolute atomic E-state index is 0.0562. The van der Waals surface area contributed by atoms with E-state index in [-0.39, 0.29) is 45.7 Å². The Bertz CT molecular complexity index is 1030. The van der Waals surface area contributed by atoms with Gasteiger partial charge in [-0.1, -0.05) is 17.2 Å². The average Bonchev–Trinajstić information content (AvgIpc) is 3.29. The van der Waals surface area contributed by atoms with E-state index in [2.05, 4.69) is 0 Å². The lowest BCUT2D eigenvalue weighted by Gasteiger charge is -2.32. The molecular formula is C27H39B2NO9. The summed E-state index contributed by atoms with van der Waals surface area (Å²) in [6.45, 7) is 17.7. The van der Waals surface area contributed by atoms with E-state index in [1.165, 1.54) is 19.1 Å². The topological polar surface area (TPSA) is 118 Å². The first-order valence-electron chi connectivity index (χ1n) is 13.3. The monoisotopic (exact) mass is 543 g/mol. The predicted molar refractivity (Wildman–Crippen MR) is 144 cm³/mol. The van der Waals surface area contributed by atoms with Crippen molar-refractivity contribution in [3.05, 3.63) is 35.4 Å². The van der Waals surface area contributed by atoms with Crippen LogP contribution in [-0.4, -0.2) is 65.1 Å². The van der Waals surface area contributed by atoms with E-state index in [0.717, 1.165) is 0 Å². The van der Waals surface area contributed by atoms with Crippen LogP contribution in [0, 0.1) is 0 Å². The molecule has 0 spiro atoms. The first-order chi connectivity index (χ1) is 17.9. The van der Waals surface area contributed by atoms with Crippen molar-refractivity contribution in [3.8, 4) is 0 Å². The summed E-state index contributed by atoms with van der Waals surface area (Å²) in [5.74, 6) is -1.86. The van der Waals surface area contributed by atoms with E-state index in [9.17, 15) is 19.2 Å². The number of fused-ring (bicyclic) bond motifs is 1. The van der Waals surface area contributed by atoms with Gasteiger partial charge in [0.15, 0.2) is 0 Å². The fourth-order valence-corrected chi connectivity index (χ4v) is 4.04. The maximum absolute atomic E-state index is 11.9. The number of hydroxylamine groups is 2. The summed E-state index contributed by atoms with van der Waals surface area (Å²) in [5.41, 5.74) is -0.982. The molecule has 0 N–H and O–H groups in total. The van der Waals surface area contributed by atoms with Crippen LogP contribution in [0.5, 0.6) is 0 Å². The zero-order valence-corrected chi connectivity index (χ0v) is 24.4. The Kier molecular flexibility index (Phi) is 8.87. The Morgan fingerprint density at radius 2 is 1.08 bits per heavy atom. The highest BCUT2D eigenvalue weighted by Gasteiger charge is 2.63. The lowest BCUT2D eigenvalue weighted by atomic mass is 9.49. The lowest BCUT2D eigenvalue weighted by Crippen LogP contribution is -2.41. The quantitative estimate of drug-likeness (QED) is 0.284. The van der Waals surface area contributed by atoms with Gasteiger partial charge < -0.3 is 28.2 Å². The number of amides is 2. The molecule has 12 heteroatoms. The Hall–Kier alpha value is -2.53. The van der Waals surface area contributed by atoms with E-state index in [1.807, 2.05) is 55.4 Å². The SMILES string of the molecule is CC(=O)CCCCC(=O)ON1C(=O)c2ccccc2C1=O.CC1(C)OB(B2OC(C)(C)C(C)(C)O2)OC1(C)C. The molecule has 39 heavy (non-hydrogen) atoms. The molecule has 0 radical (unpaired) electrons. The molecule has 2 amide bonds. The third kappa shape index (κ3) is 6.62. The van der Waals surface area contributed by atoms with Crippen molar-refractivity contribution in [1.29, 1.82) is 0 Å². The molecule has 212 valence electrons. The van der Waals surface area contributed by atoms with Gasteiger partial charge >= 0.3 is 20.0 Å². The van der Waals surface area contributed by atoms with Gasteiger partial charge in [0.2, 0.25) is 0 Å². The third-order valence-corrected chi connectivity index (χ3v) is 7.87. The first kappa shape index (κ1) is 31.0. The minimum atomic E-state index is -0.659. The molecule has 0 aromatic heterocycles. The van der Waals surface area contributed by atoms with Crippen molar-refractivity contribution >= 4 is 37.6 Å². The van der Waals surface area contributed by atoms with Gasteiger partial charge in [-0.2, -0.15) is 0 Å². The smallest absolute Gasteiger partial charge is 0.405 e. The summed E-state index contributed by atoms with van der Waals surface area (Å²) in [4.78, 5) is 51.1. The second-order valence-electron chi connectivity index (χ2n) is 12.1. The van der Waals surface area contributed by atoms with Gasteiger partial charge in [-0.25, -0.2) is 4.79 Å². The Morgan fingerprint density at radius 3 is 1.44 bits per heavy atom. The Labute approximate surface area is 231 Å². The number of benzene rings is 1. The third-order valence-electron chi connectivity index (χ3n) is 7.87. The van der Waals surface area contributed by atoms with E-state index in [1.54, 1.807) is 12.1 Å². The van der Waals surface area contributed by atoms with Gasteiger partial charge in [0.1, 0.15) is 5.78 Å². The van der Waals surface area contributed by atoms with Gasteiger partial charge in [-0.15, -0.1) is 0 Å². The highest BCUT2D eigenvalue weighted by molar-refractivity contribution is 7.11. The number of carbonyl (C=O) groups excluding carboxylic acids is 4. The predicted octanol–water partition coefficient (Wildman–Crippen LogP) is 4.14. The number of Topliss-reactive ketones (excluding diaryl/α,β-unsaturated/α-hetero) is 1. The number of carbonyl (C=O) groups is 4. The van der Waals surface area contributed by atoms with Gasteiger partial charge in [0.25, 0.3) is 11.8 Å². The Morgan fingerprint density at radius 1 is 0.718 bits per heavy atom. The first-order valence-corrected chi connectivity index (χ1v) is 13.3. The molecule has 4 rings (SSSR count). The van der Waals surface area contributed by atoms with Crippen molar-refractivity contribution in [2.75, 3.05) is 0 Å². The van der Waals surface area contributed by atoms with E-state index < -0.39 is 31.8 Å². The molecule has 1 aromatic rings. The van der Waals surface area contributed by atoms with Crippen LogP contribution in [-0.2, 0) is 33.0 Å². The zero-order chi connectivity index (χ0) is 29.4. The zero-order valence-electron chi connectivity index (χ0n) is 24.4. The molecule has 0 saturated carbocycles. The molecular weight excluding hydrogens is 504 g/mol. The number of hydrogen-bond donors (Lipinski definition) is 0. The molecule has 3 aliphatic heterocycles. The van der Waals surface area contributed by atoms with Crippen LogP contribution in [0.15, 0.2) is 24.3 Å². The summed E-state index contributed by atoms with van der Waals surface area (Å²) in [5, 5.41) is 0.498. The largest absolute Gasteiger partial charge is 0.488 e. The average molecular weight is 543 g/mol. The van der Waals surface area contributed by atoms with Gasteiger partial charge in [0.05, 0.1) is 33.5 Å². The van der Waals surface area contributed by atoms with Gasteiger partial charge in [-0.05, 0) is 87.3 Å². The van der Waals surface area contributed by atoms with Gasteiger partial charge in [0, 0.05) is 12.8 Å². The van der Waals surface area contributed by atoms with Crippen LogP contribution in [0.4, 0.5) is 0 Å². The summed E-state index contributed by atoms with van der Waals surface area (Å²) in [6, 6.07) is 6.29. The van der Waals surface area contributed by atoms with Crippen molar-refractivity contribution in [3.63, 3.8) is 0 Å². The van der Waals surface area contributed by atoms with Crippen LogP contribution < -0.4 is 0 Å². The summed E-state index contributed by atoms with van der Waals surface area (Å²) < 4.78 is 23.8. The number of rotatable bonds is 7. The normalized spacial score (nSPS) is 21.9. The fraction of sp³-hybridized carbons (Fsp3) is 0.630. The van der Waals surface area contributed by atoms with Crippen LogP contribution in [0.1, 0.15) is 109 Å². The lowest BCUT2D eigenvalue weighted by molar-refractivity contribution is -0.168. The standard InChI is InChI=1S/C15H15NO5.C12H24B2O4/c1-10(17)6-2-5-9-13(18)21-16-14(19)11-7-3-4-8-12(11)15(16)20;1-9(2)10(3,4)16-13(15-9)14-17-11(5,6)12(7,8)18-14/h3-4,7-8H,2,5-6,9H2,1H3;1-8H3. The van der Waals surface area contributed by atoms with Gasteiger partial charge in [-0.3, -0.25) is 9.59 Å². The van der Waals surface area contributed by atoms with Crippen LogP contribution in [0.2, 0.25) is 0 Å². The highest BCUT2D eigenvalue weighted by atomic mass is 16.7.